The number of piperidine rings is 2. The number of amides is 2. The van der Waals surface area contributed by atoms with Gasteiger partial charge in [-0.1, -0.05) is 35.7 Å². The van der Waals surface area contributed by atoms with E-state index in [1.807, 2.05) is 52.9 Å². The van der Waals surface area contributed by atoms with Crippen LogP contribution in [0.25, 0.3) is 22.4 Å². The van der Waals surface area contributed by atoms with Gasteiger partial charge in [-0.2, -0.15) is 0 Å². The Balaban J connectivity index is 1.46. The predicted molar refractivity (Wildman–Crippen MR) is 170 cm³/mol. The number of aromatic nitrogens is 1. The van der Waals surface area contributed by atoms with E-state index >= 15 is 0 Å². The Morgan fingerprint density at radius 2 is 1.62 bits per heavy atom. The predicted octanol–water partition coefficient (Wildman–Crippen LogP) is 6.62. The molecule has 0 spiro atoms. The molecule has 5 rings (SSSR count). The molecule has 0 radical (unpaired) electrons. The molecule has 2 saturated heterocycles. The molecule has 10 heteroatoms. The van der Waals surface area contributed by atoms with Gasteiger partial charge in [0.25, 0.3) is 5.91 Å². The molecule has 0 bridgehead atoms. The second-order valence-corrected chi connectivity index (χ2v) is 12.3. The van der Waals surface area contributed by atoms with Gasteiger partial charge in [-0.15, -0.1) is 11.6 Å². The number of nitrogens with zero attached hydrogens (tertiary/aromatic N) is 3. The van der Waals surface area contributed by atoms with E-state index in [1.54, 1.807) is 12.1 Å². The molecular formula is C32H37Cl3N4O3. The summed E-state index contributed by atoms with van der Waals surface area (Å²) in [4.78, 5) is 30.9. The molecule has 3 heterocycles. The number of hydrogen-bond donors (Lipinski definition) is 1. The van der Waals surface area contributed by atoms with Crippen molar-refractivity contribution in [3.8, 4) is 28.1 Å². The van der Waals surface area contributed by atoms with Crippen LogP contribution in [0.5, 0.6) is 5.75 Å². The van der Waals surface area contributed by atoms with Crippen LogP contribution in [0.4, 0.5) is 0 Å². The molecule has 2 amide bonds. The summed E-state index contributed by atoms with van der Waals surface area (Å²) in [5.41, 5.74) is 9.22. The van der Waals surface area contributed by atoms with Crippen molar-refractivity contribution in [3.63, 3.8) is 0 Å². The summed E-state index contributed by atoms with van der Waals surface area (Å²) < 4.78 is 7.71. The van der Waals surface area contributed by atoms with Crippen LogP contribution in [-0.2, 0) is 11.8 Å². The van der Waals surface area contributed by atoms with Crippen LogP contribution >= 0.6 is 34.8 Å². The zero-order chi connectivity index (χ0) is 29.9. The smallest absolute Gasteiger partial charge is 0.270 e. The van der Waals surface area contributed by atoms with E-state index in [0.717, 1.165) is 60.5 Å². The maximum Gasteiger partial charge on any atom is 0.270 e. The highest BCUT2D eigenvalue weighted by atomic mass is 35.5. The average Bonchev–Trinajstić information content (AvgIpc) is 3.34. The van der Waals surface area contributed by atoms with E-state index in [4.69, 9.17) is 45.3 Å². The number of primary amides is 1. The van der Waals surface area contributed by atoms with Crippen LogP contribution in [0.1, 0.15) is 49.0 Å². The van der Waals surface area contributed by atoms with Gasteiger partial charge in [0.2, 0.25) is 5.91 Å². The summed E-state index contributed by atoms with van der Waals surface area (Å²) in [7, 11) is 1.89. The summed E-state index contributed by atoms with van der Waals surface area (Å²) in [6.45, 7) is 3.22. The van der Waals surface area contributed by atoms with Gasteiger partial charge < -0.3 is 19.9 Å². The van der Waals surface area contributed by atoms with Crippen molar-refractivity contribution in [1.82, 2.24) is 14.4 Å². The molecule has 2 fully saturated rings. The second kappa shape index (κ2) is 13.3. The minimum atomic E-state index is -0.688. The van der Waals surface area contributed by atoms with Crippen LogP contribution in [0.15, 0.2) is 48.5 Å². The first-order valence-corrected chi connectivity index (χ1v) is 15.8. The summed E-state index contributed by atoms with van der Waals surface area (Å²) in [6.07, 6.45) is 5.15. The topological polar surface area (TPSA) is 80.8 Å². The molecule has 3 aromatic rings. The van der Waals surface area contributed by atoms with E-state index in [1.165, 1.54) is 6.42 Å². The Morgan fingerprint density at radius 1 is 0.929 bits per heavy atom. The quantitative estimate of drug-likeness (QED) is 0.213. The summed E-state index contributed by atoms with van der Waals surface area (Å²) >= 11 is 18.7. The zero-order valence-corrected chi connectivity index (χ0v) is 26.1. The third kappa shape index (κ3) is 6.16. The Hall–Kier alpha value is -2.71. The molecule has 2 aliphatic rings. The van der Waals surface area contributed by atoms with Crippen LogP contribution in [0.3, 0.4) is 0 Å². The van der Waals surface area contributed by atoms with E-state index < -0.39 is 5.54 Å². The Labute approximate surface area is 262 Å². The lowest BCUT2D eigenvalue weighted by Gasteiger charge is -2.48. The number of likely N-dealkylation sites (tertiary alicyclic amines) is 2. The average molecular weight is 632 g/mol. The van der Waals surface area contributed by atoms with Crippen molar-refractivity contribution in [2.45, 2.75) is 44.1 Å². The van der Waals surface area contributed by atoms with Crippen LogP contribution in [0.2, 0.25) is 10.0 Å². The summed E-state index contributed by atoms with van der Waals surface area (Å²) in [5, 5.41) is 1.04. The van der Waals surface area contributed by atoms with Gasteiger partial charge >= 0.3 is 0 Å². The number of alkyl halides is 1. The monoisotopic (exact) mass is 630 g/mol. The lowest BCUT2D eigenvalue weighted by Crippen LogP contribution is -2.63. The number of rotatable bonds is 9. The highest BCUT2D eigenvalue weighted by molar-refractivity contribution is 6.36. The third-order valence-corrected chi connectivity index (χ3v) is 9.46. The third-order valence-electron chi connectivity index (χ3n) is 8.65. The first-order chi connectivity index (χ1) is 20.2. The first-order valence-electron chi connectivity index (χ1n) is 14.5. The van der Waals surface area contributed by atoms with Gasteiger partial charge in [-0.05, 0) is 93.2 Å². The van der Waals surface area contributed by atoms with Crippen molar-refractivity contribution in [2.24, 2.45) is 12.8 Å². The highest BCUT2D eigenvalue weighted by Crippen LogP contribution is 2.40. The molecule has 0 unspecified atom stereocenters. The van der Waals surface area contributed by atoms with Crippen LogP contribution in [-0.4, -0.2) is 70.4 Å². The van der Waals surface area contributed by atoms with Crippen LogP contribution in [0, 0.1) is 0 Å². The number of benzene rings is 2. The second-order valence-electron chi connectivity index (χ2n) is 11.1. The molecule has 42 heavy (non-hydrogen) atoms. The summed E-state index contributed by atoms with van der Waals surface area (Å²) in [5.74, 6) is 0.919. The molecule has 2 aliphatic heterocycles. The molecule has 0 aliphatic carbocycles. The van der Waals surface area contributed by atoms with Crippen molar-refractivity contribution >= 4 is 46.6 Å². The SMILES string of the molecule is Cn1c(C(=O)N2CCC(C(N)=O)(N3CCCCC3)CC2)cc(-c2ccc(Cl)cc2Cl)c1-c1ccc(OCCCCl)cc1. The number of carbonyl (C=O) groups is 2. The van der Waals surface area contributed by atoms with Crippen molar-refractivity contribution < 1.29 is 14.3 Å². The molecule has 1 aromatic heterocycles. The standard InChI is InChI=1S/C32H37Cl3N4O3/c1-37-28(30(40)38-17-12-32(13-18-38,31(36)41)39-15-3-2-4-16-39)21-26(25-11-8-23(34)20-27(25)35)29(37)22-6-9-24(10-7-22)42-19-5-14-33/h6-11,20-21H,2-5,12-19H2,1H3,(H2,36,41). The lowest BCUT2D eigenvalue weighted by molar-refractivity contribution is -0.134. The van der Waals surface area contributed by atoms with Crippen molar-refractivity contribution in [3.05, 3.63) is 64.3 Å². The number of ether oxygens (including phenoxy) is 1. The number of hydrogen-bond acceptors (Lipinski definition) is 4. The Morgan fingerprint density at radius 3 is 2.24 bits per heavy atom. The highest BCUT2D eigenvalue weighted by Gasteiger charge is 2.46. The van der Waals surface area contributed by atoms with Gasteiger partial charge in [-0.25, -0.2) is 0 Å². The van der Waals surface area contributed by atoms with E-state index in [9.17, 15) is 9.59 Å². The summed E-state index contributed by atoms with van der Waals surface area (Å²) in [6, 6.07) is 15.1. The fraction of sp³-hybridized carbons (Fsp3) is 0.438. The maximum absolute atomic E-state index is 14.0. The van der Waals surface area contributed by atoms with Gasteiger partial charge in [-0.3, -0.25) is 14.5 Å². The zero-order valence-electron chi connectivity index (χ0n) is 23.9. The maximum atomic E-state index is 14.0. The van der Waals surface area contributed by atoms with Crippen LogP contribution < -0.4 is 10.5 Å². The fourth-order valence-electron chi connectivity index (χ4n) is 6.31. The minimum Gasteiger partial charge on any atom is -0.494 e. The van der Waals surface area contributed by atoms with Gasteiger partial charge in [0.05, 0.1) is 12.3 Å². The van der Waals surface area contributed by atoms with Gasteiger partial charge in [0.15, 0.2) is 0 Å². The van der Waals surface area contributed by atoms with E-state index in [-0.39, 0.29) is 11.8 Å². The van der Waals surface area contributed by atoms with E-state index in [0.29, 0.717) is 54.2 Å². The lowest BCUT2D eigenvalue weighted by atomic mass is 9.83. The normalized spacial score (nSPS) is 17.3. The largest absolute Gasteiger partial charge is 0.494 e. The van der Waals surface area contributed by atoms with E-state index in [2.05, 4.69) is 4.90 Å². The number of nitrogens with two attached hydrogens (primary N) is 1. The Kier molecular flexibility index (Phi) is 9.73. The fourth-order valence-corrected chi connectivity index (χ4v) is 6.93. The minimum absolute atomic E-state index is 0.0900. The first kappa shape index (κ1) is 30.7. The molecular weight excluding hydrogens is 595 g/mol. The van der Waals surface area contributed by atoms with Gasteiger partial charge in [0.1, 0.15) is 17.0 Å². The molecule has 7 nitrogen and oxygen atoms in total. The molecule has 224 valence electrons. The molecule has 0 saturated carbocycles. The van der Waals surface area contributed by atoms with Crippen molar-refractivity contribution in [1.29, 1.82) is 0 Å². The molecule has 2 aromatic carbocycles. The number of carbonyl (C=O) groups excluding carboxylic acids is 2. The molecule has 2 N–H and O–H groups in total. The molecule has 0 atom stereocenters. The Bertz CT molecular complexity index is 1430. The van der Waals surface area contributed by atoms with Gasteiger partial charge in [0, 0.05) is 47.2 Å². The van der Waals surface area contributed by atoms with Crippen molar-refractivity contribution in [2.75, 3.05) is 38.7 Å². The number of halogens is 3.